The summed E-state index contributed by atoms with van der Waals surface area (Å²) in [6, 6.07) is 3.79. The fourth-order valence-electron chi connectivity index (χ4n) is 2.13. The van der Waals surface area contributed by atoms with Crippen molar-refractivity contribution in [1.29, 1.82) is 0 Å². The van der Waals surface area contributed by atoms with Crippen molar-refractivity contribution in [2.24, 2.45) is 0 Å². The predicted octanol–water partition coefficient (Wildman–Crippen LogP) is 1.84. The third-order valence-electron chi connectivity index (χ3n) is 3.39. The van der Waals surface area contributed by atoms with Gasteiger partial charge in [0.2, 0.25) is 0 Å². The number of carbonyl (C=O) groups is 2. The van der Waals surface area contributed by atoms with Crippen LogP contribution in [-0.2, 0) is 19.4 Å². The molecule has 0 aliphatic carbocycles. The second-order valence-corrected chi connectivity index (χ2v) is 8.33. The molecular weight excluding hydrogens is 365 g/mol. The molecule has 0 unspecified atom stereocenters. The molecule has 1 amide bonds. The Bertz CT molecular complexity index is 735. The van der Waals surface area contributed by atoms with Crippen molar-refractivity contribution in [1.82, 2.24) is 5.32 Å². The summed E-state index contributed by atoms with van der Waals surface area (Å²) in [7, 11) is -3.09. The van der Waals surface area contributed by atoms with Crippen molar-refractivity contribution in [3.05, 3.63) is 33.8 Å². The maximum Gasteiger partial charge on any atom is 0.338 e. The SMILES string of the molecule is C[C@@H](OC(=O)c1ccc(Cl)c(Cl)c1)C(=O)N[C@H]1CCS(=O)(=O)C1. The van der Waals surface area contributed by atoms with E-state index < -0.39 is 33.9 Å². The molecule has 0 aromatic heterocycles. The molecule has 0 saturated carbocycles. The smallest absolute Gasteiger partial charge is 0.338 e. The number of amides is 1. The fourth-order valence-corrected chi connectivity index (χ4v) is 4.10. The van der Waals surface area contributed by atoms with E-state index in [0.717, 1.165) is 0 Å². The van der Waals surface area contributed by atoms with Crippen LogP contribution in [0.4, 0.5) is 0 Å². The van der Waals surface area contributed by atoms with E-state index in [0.29, 0.717) is 11.4 Å². The quantitative estimate of drug-likeness (QED) is 0.806. The zero-order valence-electron chi connectivity index (χ0n) is 12.2. The first-order valence-electron chi connectivity index (χ1n) is 6.85. The highest BCUT2D eigenvalue weighted by molar-refractivity contribution is 7.91. The third kappa shape index (κ3) is 4.83. The number of benzene rings is 1. The van der Waals surface area contributed by atoms with Crippen molar-refractivity contribution in [3.63, 3.8) is 0 Å². The van der Waals surface area contributed by atoms with Gasteiger partial charge in [-0.1, -0.05) is 23.2 Å². The van der Waals surface area contributed by atoms with Gasteiger partial charge in [0.05, 0.1) is 27.1 Å². The van der Waals surface area contributed by atoms with E-state index in [2.05, 4.69) is 5.32 Å². The number of ether oxygens (including phenoxy) is 1. The summed E-state index contributed by atoms with van der Waals surface area (Å²) in [6.07, 6.45) is -0.693. The van der Waals surface area contributed by atoms with Crippen LogP contribution in [0.1, 0.15) is 23.7 Å². The Morgan fingerprint density at radius 3 is 2.57 bits per heavy atom. The molecule has 1 saturated heterocycles. The number of halogens is 2. The number of esters is 1. The van der Waals surface area contributed by atoms with Gasteiger partial charge in [-0.15, -0.1) is 0 Å². The molecule has 2 atom stereocenters. The Balaban J connectivity index is 1.92. The molecule has 0 spiro atoms. The Kier molecular flexibility index (Phi) is 5.54. The molecule has 1 aliphatic rings. The van der Waals surface area contributed by atoms with Crippen LogP contribution in [0.25, 0.3) is 0 Å². The minimum absolute atomic E-state index is 0.0510. The van der Waals surface area contributed by atoms with Gasteiger partial charge in [0.1, 0.15) is 0 Å². The Hall–Kier alpha value is -1.31. The second-order valence-electron chi connectivity index (χ2n) is 5.28. The first-order chi connectivity index (χ1) is 10.7. The number of hydrogen-bond donors (Lipinski definition) is 1. The van der Waals surface area contributed by atoms with E-state index in [1.165, 1.54) is 25.1 Å². The number of rotatable bonds is 4. The maximum atomic E-state index is 12.0. The molecule has 6 nitrogen and oxygen atoms in total. The van der Waals surface area contributed by atoms with Crippen molar-refractivity contribution in [3.8, 4) is 0 Å². The zero-order valence-corrected chi connectivity index (χ0v) is 14.5. The molecule has 0 bridgehead atoms. The van der Waals surface area contributed by atoms with Crippen molar-refractivity contribution in [2.45, 2.75) is 25.5 Å². The van der Waals surface area contributed by atoms with Crippen LogP contribution in [0.5, 0.6) is 0 Å². The van der Waals surface area contributed by atoms with E-state index in [4.69, 9.17) is 27.9 Å². The maximum absolute atomic E-state index is 12.0. The molecule has 9 heteroatoms. The second kappa shape index (κ2) is 7.07. The van der Waals surface area contributed by atoms with Gasteiger partial charge >= 0.3 is 5.97 Å². The van der Waals surface area contributed by atoms with E-state index in [1.807, 2.05) is 0 Å². The highest BCUT2D eigenvalue weighted by atomic mass is 35.5. The summed E-state index contributed by atoms with van der Waals surface area (Å²) in [4.78, 5) is 23.9. The first-order valence-corrected chi connectivity index (χ1v) is 9.42. The molecule has 126 valence electrons. The lowest BCUT2D eigenvalue weighted by Crippen LogP contribution is -2.42. The number of hydrogen-bond acceptors (Lipinski definition) is 5. The lowest BCUT2D eigenvalue weighted by molar-refractivity contribution is -0.129. The first kappa shape index (κ1) is 18.0. The van der Waals surface area contributed by atoms with Gasteiger partial charge in [0.25, 0.3) is 5.91 Å². The van der Waals surface area contributed by atoms with Crippen LogP contribution in [0, 0.1) is 0 Å². The summed E-state index contributed by atoms with van der Waals surface area (Å²) in [5.74, 6) is -1.30. The average molecular weight is 380 g/mol. The van der Waals surface area contributed by atoms with Gasteiger partial charge in [-0.05, 0) is 31.5 Å². The van der Waals surface area contributed by atoms with Gasteiger partial charge in [-0.3, -0.25) is 4.79 Å². The number of nitrogens with one attached hydrogen (secondary N) is 1. The topological polar surface area (TPSA) is 89.5 Å². The van der Waals surface area contributed by atoms with Crippen LogP contribution in [0.2, 0.25) is 10.0 Å². The lowest BCUT2D eigenvalue weighted by Gasteiger charge is -2.16. The minimum Gasteiger partial charge on any atom is -0.449 e. The van der Waals surface area contributed by atoms with Gasteiger partial charge in [0, 0.05) is 6.04 Å². The number of carbonyl (C=O) groups excluding carboxylic acids is 2. The Morgan fingerprint density at radius 1 is 1.30 bits per heavy atom. The monoisotopic (exact) mass is 379 g/mol. The largest absolute Gasteiger partial charge is 0.449 e. The normalized spacial score (nSPS) is 20.7. The summed E-state index contributed by atoms with van der Waals surface area (Å²) in [5.41, 5.74) is 0.169. The van der Waals surface area contributed by atoms with Gasteiger partial charge in [-0.2, -0.15) is 0 Å². The minimum atomic E-state index is -3.09. The van der Waals surface area contributed by atoms with Crippen molar-refractivity contribution in [2.75, 3.05) is 11.5 Å². The third-order valence-corrected chi connectivity index (χ3v) is 5.89. The Labute approximate surface area is 144 Å². The van der Waals surface area contributed by atoms with Crippen LogP contribution in [0.15, 0.2) is 18.2 Å². The highest BCUT2D eigenvalue weighted by Crippen LogP contribution is 2.23. The van der Waals surface area contributed by atoms with Crippen LogP contribution in [0.3, 0.4) is 0 Å². The summed E-state index contributed by atoms with van der Waals surface area (Å²) >= 11 is 11.6. The van der Waals surface area contributed by atoms with Gasteiger partial charge in [-0.25, -0.2) is 13.2 Å². The average Bonchev–Trinajstić information content (AvgIpc) is 2.80. The van der Waals surface area contributed by atoms with Gasteiger partial charge in [0.15, 0.2) is 15.9 Å². The summed E-state index contributed by atoms with van der Waals surface area (Å²) in [6.45, 7) is 1.41. The molecule has 2 rings (SSSR count). The van der Waals surface area contributed by atoms with Crippen LogP contribution >= 0.6 is 23.2 Å². The van der Waals surface area contributed by atoms with Crippen molar-refractivity contribution < 1.29 is 22.7 Å². The molecular formula is C14H15Cl2NO5S. The standard InChI is InChI=1S/C14H15Cl2NO5S/c1-8(13(18)17-10-4-5-23(20,21)7-10)22-14(19)9-2-3-11(15)12(16)6-9/h2-3,6,8,10H,4-5,7H2,1H3,(H,17,18)/t8-,10+/m1/s1. The molecule has 1 aromatic rings. The Morgan fingerprint density at radius 2 is 2.00 bits per heavy atom. The van der Waals surface area contributed by atoms with Gasteiger partial charge < -0.3 is 10.1 Å². The molecule has 23 heavy (non-hydrogen) atoms. The van der Waals surface area contributed by atoms with E-state index in [1.54, 1.807) is 0 Å². The van der Waals surface area contributed by atoms with Crippen molar-refractivity contribution >= 4 is 44.9 Å². The molecule has 1 aromatic carbocycles. The number of sulfone groups is 1. The molecule has 1 heterocycles. The molecule has 0 radical (unpaired) electrons. The van der Waals surface area contributed by atoms with Crippen LogP contribution < -0.4 is 5.32 Å². The molecule has 1 aliphatic heterocycles. The highest BCUT2D eigenvalue weighted by Gasteiger charge is 2.30. The molecule has 1 N–H and O–H groups in total. The van der Waals surface area contributed by atoms with E-state index in [-0.39, 0.29) is 22.1 Å². The zero-order chi connectivity index (χ0) is 17.2. The summed E-state index contributed by atoms with van der Waals surface area (Å²) in [5, 5.41) is 3.07. The molecule has 1 fully saturated rings. The summed E-state index contributed by atoms with van der Waals surface area (Å²) < 4.78 is 27.8. The fraction of sp³-hybridized carbons (Fsp3) is 0.429. The van der Waals surface area contributed by atoms with E-state index >= 15 is 0 Å². The lowest BCUT2D eigenvalue weighted by atomic mass is 10.2. The van der Waals surface area contributed by atoms with E-state index in [9.17, 15) is 18.0 Å². The van der Waals surface area contributed by atoms with Crippen LogP contribution in [-0.4, -0.2) is 43.9 Å². The predicted molar refractivity (Wildman–Crippen MR) is 86.5 cm³/mol.